The molecule has 1 N–H and O–H groups in total. The Morgan fingerprint density at radius 3 is 2.84 bits per heavy atom. The van der Waals surface area contributed by atoms with E-state index < -0.39 is 0 Å². The summed E-state index contributed by atoms with van der Waals surface area (Å²) in [5.41, 5.74) is 1.67. The van der Waals surface area contributed by atoms with E-state index in [1.54, 1.807) is 0 Å². The Morgan fingerprint density at radius 2 is 2.11 bits per heavy atom. The van der Waals surface area contributed by atoms with Gasteiger partial charge in [-0.3, -0.25) is 4.79 Å². The van der Waals surface area contributed by atoms with Crippen molar-refractivity contribution in [3.63, 3.8) is 0 Å². The second kappa shape index (κ2) is 7.51. The molecule has 1 aliphatic heterocycles. The number of carbonyl (C=O) groups excluding carboxylic acids is 1. The van der Waals surface area contributed by atoms with Gasteiger partial charge in [0.25, 0.3) is 5.91 Å². The van der Waals surface area contributed by atoms with Crippen molar-refractivity contribution in [1.29, 1.82) is 0 Å². The zero-order valence-corrected chi connectivity index (χ0v) is 12.0. The first-order valence-electron chi connectivity index (χ1n) is 6.95. The number of hydrogen-bond acceptors (Lipinski definition) is 2. The number of carbonyl (C=O) groups is 1. The van der Waals surface area contributed by atoms with Crippen molar-refractivity contribution in [3.8, 4) is 0 Å². The van der Waals surface area contributed by atoms with Gasteiger partial charge < -0.3 is 10.2 Å². The van der Waals surface area contributed by atoms with Crippen LogP contribution in [0.2, 0.25) is 0 Å². The Kier molecular flexibility index (Phi) is 5.67. The highest BCUT2D eigenvalue weighted by Crippen LogP contribution is 2.08. The third-order valence-corrected chi connectivity index (χ3v) is 3.79. The van der Waals surface area contributed by atoms with Crippen molar-refractivity contribution >= 4 is 17.5 Å². The van der Waals surface area contributed by atoms with Gasteiger partial charge >= 0.3 is 0 Å². The van der Waals surface area contributed by atoms with Crippen LogP contribution in [0.3, 0.4) is 0 Å². The molecule has 1 amide bonds. The Hall–Kier alpha value is -1.06. The first-order valence-corrected chi connectivity index (χ1v) is 7.48. The van der Waals surface area contributed by atoms with Crippen LogP contribution in [0.25, 0.3) is 0 Å². The second-order valence-electron chi connectivity index (χ2n) is 4.99. The van der Waals surface area contributed by atoms with Crippen LogP contribution in [-0.2, 0) is 5.88 Å². The first kappa shape index (κ1) is 14.4. The molecule has 4 heteroatoms. The molecule has 0 atom stereocenters. The predicted molar refractivity (Wildman–Crippen MR) is 78.6 cm³/mol. The van der Waals surface area contributed by atoms with Crippen LogP contribution in [0, 0.1) is 0 Å². The topological polar surface area (TPSA) is 32.3 Å². The molecule has 1 heterocycles. The standard InChI is InChI=1S/C15H21ClN2O/c16-12-13-5-3-6-14(11-13)15(19)17-7-4-10-18-8-1-2-9-18/h3,5-6,11H,1-2,4,7-10,12H2,(H,17,19). The largest absolute Gasteiger partial charge is 0.352 e. The van der Waals surface area contributed by atoms with Crippen LogP contribution in [-0.4, -0.2) is 37.0 Å². The molecule has 104 valence electrons. The summed E-state index contributed by atoms with van der Waals surface area (Å²) >= 11 is 5.77. The second-order valence-corrected chi connectivity index (χ2v) is 5.26. The van der Waals surface area contributed by atoms with E-state index in [9.17, 15) is 4.79 Å². The summed E-state index contributed by atoms with van der Waals surface area (Å²) in [4.78, 5) is 14.4. The summed E-state index contributed by atoms with van der Waals surface area (Å²) in [5.74, 6) is 0.434. The highest BCUT2D eigenvalue weighted by Gasteiger charge is 2.11. The normalized spacial score (nSPS) is 15.6. The lowest BCUT2D eigenvalue weighted by Crippen LogP contribution is -2.28. The molecule has 1 aromatic rings. The first-order chi connectivity index (χ1) is 9.29. The molecule has 0 radical (unpaired) electrons. The van der Waals surface area contributed by atoms with Gasteiger partial charge in [0.15, 0.2) is 0 Å². The maximum Gasteiger partial charge on any atom is 0.251 e. The van der Waals surface area contributed by atoms with Gasteiger partial charge in [0, 0.05) is 18.0 Å². The van der Waals surface area contributed by atoms with E-state index in [-0.39, 0.29) is 5.91 Å². The highest BCUT2D eigenvalue weighted by molar-refractivity contribution is 6.17. The maximum atomic E-state index is 11.9. The van der Waals surface area contributed by atoms with Gasteiger partial charge in [-0.25, -0.2) is 0 Å². The van der Waals surface area contributed by atoms with Gasteiger partial charge in [-0.15, -0.1) is 11.6 Å². The van der Waals surface area contributed by atoms with Crippen LogP contribution in [0.15, 0.2) is 24.3 Å². The van der Waals surface area contributed by atoms with Crippen molar-refractivity contribution in [2.45, 2.75) is 25.1 Å². The van der Waals surface area contributed by atoms with E-state index in [1.807, 2.05) is 24.3 Å². The summed E-state index contributed by atoms with van der Waals surface area (Å²) in [6.07, 6.45) is 3.65. The van der Waals surface area contributed by atoms with Crippen molar-refractivity contribution in [3.05, 3.63) is 35.4 Å². The number of hydrogen-bond donors (Lipinski definition) is 1. The number of likely N-dealkylation sites (tertiary alicyclic amines) is 1. The fraction of sp³-hybridized carbons (Fsp3) is 0.533. The van der Waals surface area contributed by atoms with Crippen LogP contribution >= 0.6 is 11.6 Å². The molecule has 2 rings (SSSR count). The fourth-order valence-electron chi connectivity index (χ4n) is 2.41. The molecule has 1 fully saturated rings. The number of benzene rings is 1. The minimum Gasteiger partial charge on any atom is -0.352 e. The molecular weight excluding hydrogens is 260 g/mol. The minimum absolute atomic E-state index is 0.00612. The average molecular weight is 281 g/mol. The van der Waals surface area contributed by atoms with E-state index >= 15 is 0 Å². The van der Waals surface area contributed by atoms with Gasteiger partial charge in [-0.2, -0.15) is 0 Å². The molecule has 0 aliphatic carbocycles. The molecule has 0 bridgehead atoms. The zero-order valence-electron chi connectivity index (χ0n) is 11.2. The average Bonchev–Trinajstić information content (AvgIpc) is 2.96. The van der Waals surface area contributed by atoms with Crippen molar-refractivity contribution < 1.29 is 4.79 Å². The maximum absolute atomic E-state index is 11.9. The number of alkyl halides is 1. The molecule has 0 saturated carbocycles. The number of rotatable bonds is 6. The quantitative estimate of drug-likeness (QED) is 0.642. The minimum atomic E-state index is -0.00612. The lowest BCUT2D eigenvalue weighted by molar-refractivity contribution is 0.0952. The molecule has 1 aromatic carbocycles. The van der Waals surface area contributed by atoms with E-state index in [1.165, 1.54) is 25.9 Å². The van der Waals surface area contributed by atoms with Gasteiger partial charge in [-0.05, 0) is 56.6 Å². The van der Waals surface area contributed by atoms with Crippen molar-refractivity contribution in [1.82, 2.24) is 10.2 Å². The lowest BCUT2D eigenvalue weighted by Gasteiger charge is -2.14. The van der Waals surface area contributed by atoms with E-state index in [0.717, 1.165) is 25.1 Å². The monoisotopic (exact) mass is 280 g/mol. The Labute approximate surface area is 119 Å². The van der Waals surface area contributed by atoms with Crippen LogP contribution in [0.4, 0.5) is 0 Å². The van der Waals surface area contributed by atoms with Crippen LogP contribution in [0.1, 0.15) is 35.2 Å². The predicted octanol–water partition coefficient (Wildman–Crippen LogP) is 2.64. The van der Waals surface area contributed by atoms with E-state index in [4.69, 9.17) is 11.6 Å². The molecule has 0 unspecified atom stereocenters. The van der Waals surface area contributed by atoms with Gasteiger partial charge in [0.2, 0.25) is 0 Å². The fourth-order valence-corrected chi connectivity index (χ4v) is 2.57. The Morgan fingerprint density at radius 1 is 1.32 bits per heavy atom. The summed E-state index contributed by atoms with van der Waals surface area (Å²) in [6, 6.07) is 7.47. The van der Waals surface area contributed by atoms with E-state index in [2.05, 4.69) is 10.2 Å². The lowest BCUT2D eigenvalue weighted by atomic mass is 10.1. The number of nitrogens with one attached hydrogen (secondary N) is 1. The van der Waals surface area contributed by atoms with E-state index in [0.29, 0.717) is 11.4 Å². The molecule has 1 saturated heterocycles. The molecule has 19 heavy (non-hydrogen) atoms. The summed E-state index contributed by atoms with van der Waals surface area (Å²) in [6.45, 7) is 4.25. The molecular formula is C15H21ClN2O. The van der Waals surface area contributed by atoms with Crippen molar-refractivity contribution in [2.24, 2.45) is 0 Å². The zero-order chi connectivity index (χ0) is 13.5. The third-order valence-electron chi connectivity index (χ3n) is 3.48. The Bertz CT molecular complexity index is 416. The molecule has 0 spiro atoms. The third kappa shape index (κ3) is 4.51. The number of amides is 1. The van der Waals surface area contributed by atoms with Gasteiger partial charge in [0.1, 0.15) is 0 Å². The van der Waals surface area contributed by atoms with Crippen LogP contribution in [0.5, 0.6) is 0 Å². The summed E-state index contributed by atoms with van der Waals surface area (Å²) in [7, 11) is 0. The van der Waals surface area contributed by atoms with Gasteiger partial charge in [-0.1, -0.05) is 12.1 Å². The molecule has 0 aromatic heterocycles. The van der Waals surface area contributed by atoms with Crippen LogP contribution < -0.4 is 5.32 Å². The summed E-state index contributed by atoms with van der Waals surface area (Å²) in [5, 5.41) is 2.97. The van der Waals surface area contributed by atoms with Gasteiger partial charge in [0.05, 0.1) is 0 Å². The molecule has 3 nitrogen and oxygen atoms in total. The number of halogens is 1. The smallest absolute Gasteiger partial charge is 0.251 e. The SMILES string of the molecule is O=C(NCCCN1CCCC1)c1cccc(CCl)c1. The summed E-state index contributed by atoms with van der Waals surface area (Å²) < 4.78 is 0. The molecule has 1 aliphatic rings. The van der Waals surface area contributed by atoms with Crippen molar-refractivity contribution in [2.75, 3.05) is 26.2 Å². The number of nitrogens with zero attached hydrogens (tertiary/aromatic N) is 1. The Balaban J connectivity index is 1.71. The highest BCUT2D eigenvalue weighted by atomic mass is 35.5.